The molecule has 2 amide bonds. The Labute approximate surface area is 159 Å². The van der Waals surface area contributed by atoms with Gasteiger partial charge in [-0.3, -0.25) is 24.6 Å². The van der Waals surface area contributed by atoms with Crippen LogP contribution in [0.1, 0.15) is 5.56 Å². The van der Waals surface area contributed by atoms with Crippen molar-refractivity contribution in [3.05, 3.63) is 63.2 Å². The van der Waals surface area contributed by atoms with Crippen molar-refractivity contribution in [1.82, 2.24) is 5.32 Å². The largest absolute Gasteiger partial charge is 0.482 e. The maximum atomic E-state index is 12.2. The molecule has 0 unspecified atom stereocenters. The summed E-state index contributed by atoms with van der Waals surface area (Å²) in [7, 11) is 0. The Kier molecular flexibility index (Phi) is 5.56. The van der Waals surface area contributed by atoms with Crippen molar-refractivity contribution in [1.29, 1.82) is 0 Å². The first-order valence-corrected chi connectivity index (χ1v) is 8.54. The number of rotatable bonds is 6. The molecule has 27 heavy (non-hydrogen) atoms. The van der Waals surface area contributed by atoms with Crippen LogP contribution in [-0.4, -0.2) is 36.4 Å². The van der Waals surface area contributed by atoms with Crippen molar-refractivity contribution < 1.29 is 19.2 Å². The lowest BCUT2D eigenvalue weighted by molar-refractivity contribution is -0.384. The maximum absolute atomic E-state index is 12.2. The number of nitro groups is 1. The second kappa shape index (κ2) is 8.05. The third-order valence-electron chi connectivity index (χ3n) is 4.02. The molecule has 0 aromatic heterocycles. The van der Waals surface area contributed by atoms with E-state index in [-0.39, 0.29) is 30.4 Å². The van der Waals surface area contributed by atoms with Gasteiger partial charge in [-0.25, -0.2) is 0 Å². The van der Waals surface area contributed by atoms with Crippen molar-refractivity contribution in [2.75, 3.05) is 24.6 Å². The number of benzene rings is 2. The predicted molar refractivity (Wildman–Crippen MR) is 99.1 cm³/mol. The number of amides is 2. The van der Waals surface area contributed by atoms with E-state index < -0.39 is 10.8 Å². The van der Waals surface area contributed by atoms with Gasteiger partial charge in [-0.2, -0.15) is 0 Å². The molecule has 8 nitrogen and oxygen atoms in total. The number of non-ortho nitro benzene ring substituents is 1. The zero-order valence-electron chi connectivity index (χ0n) is 14.2. The zero-order valence-corrected chi connectivity index (χ0v) is 14.9. The third kappa shape index (κ3) is 4.53. The fourth-order valence-corrected chi connectivity index (χ4v) is 2.93. The lowest BCUT2D eigenvalue weighted by Gasteiger charge is -2.28. The standard InChI is InChI=1S/C18H16ClN3O5/c19-13-3-1-2-12(8-13)6-7-20-17(23)10-21-15-9-14(22(25)26)4-5-16(15)27-11-18(21)24/h1-5,8-9H,6-7,10-11H2,(H,20,23). The minimum absolute atomic E-state index is 0.182. The molecule has 0 radical (unpaired) electrons. The van der Waals surface area contributed by atoms with E-state index in [0.29, 0.717) is 23.7 Å². The minimum atomic E-state index is -0.567. The summed E-state index contributed by atoms with van der Waals surface area (Å²) in [5, 5.41) is 14.3. The van der Waals surface area contributed by atoms with Gasteiger partial charge in [0.2, 0.25) is 5.91 Å². The monoisotopic (exact) mass is 389 g/mol. The molecule has 1 N–H and O–H groups in total. The molecule has 0 saturated carbocycles. The summed E-state index contributed by atoms with van der Waals surface area (Å²) in [5.74, 6) is -0.482. The number of hydrogen-bond donors (Lipinski definition) is 1. The number of nitrogens with zero attached hydrogens (tertiary/aromatic N) is 2. The molecule has 2 aromatic carbocycles. The van der Waals surface area contributed by atoms with Crippen LogP contribution in [-0.2, 0) is 16.0 Å². The molecule has 0 spiro atoms. The van der Waals surface area contributed by atoms with Crippen LogP contribution in [0.3, 0.4) is 0 Å². The molecule has 1 heterocycles. The number of hydrogen-bond acceptors (Lipinski definition) is 5. The van der Waals surface area contributed by atoms with E-state index in [9.17, 15) is 19.7 Å². The Morgan fingerprint density at radius 2 is 2.11 bits per heavy atom. The van der Waals surface area contributed by atoms with Gasteiger partial charge in [-0.1, -0.05) is 23.7 Å². The Morgan fingerprint density at radius 3 is 2.85 bits per heavy atom. The summed E-state index contributed by atoms with van der Waals surface area (Å²) >= 11 is 5.92. The topological polar surface area (TPSA) is 102 Å². The highest BCUT2D eigenvalue weighted by atomic mass is 35.5. The Balaban J connectivity index is 1.64. The fraction of sp³-hybridized carbons (Fsp3) is 0.222. The minimum Gasteiger partial charge on any atom is -0.482 e. The van der Waals surface area contributed by atoms with Crippen LogP contribution >= 0.6 is 11.6 Å². The molecular formula is C18H16ClN3O5. The summed E-state index contributed by atoms with van der Waals surface area (Å²) in [6.45, 7) is -0.0913. The molecule has 3 rings (SSSR count). The number of carbonyl (C=O) groups is 2. The van der Waals surface area contributed by atoms with Gasteiger partial charge < -0.3 is 10.1 Å². The van der Waals surface area contributed by atoms with Gasteiger partial charge in [-0.05, 0) is 30.2 Å². The van der Waals surface area contributed by atoms with Gasteiger partial charge in [0, 0.05) is 23.7 Å². The third-order valence-corrected chi connectivity index (χ3v) is 4.26. The number of anilines is 1. The summed E-state index contributed by atoms with van der Waals surface area (Å²) in [6, 6.07) is 11.3. The number of fused-ring (bicyclic) bond motifs is 1. The summed E-state index contributed by atoms with van der Waals surface area (Å²) in [4.78, 5) is 36.0. The van der Waals surface area contributed by atoms with Crippen molar-refractivity contribution >= 4 is 34.8 Å². The number of nitro benzene ring substituents is 1. The van der Waals surface area contributed by atoms with E-state index in [4.69, 9.17) is 16.3 Å². The van der Waals surface area contributed by atoms with E-state index in [2.05, 4.69) is 5.32 Å². The molecule has 9 heteroatoms. The molecule has 1 aliphatic heterocycles. The first kappa shape index (κ1) is 18.7. The summed E-state index contributed by atoms with van der Waals surface area (Å²) in [5.41, 5.74) is 1.01. The molecule has 140 valence electrons. The number of carbonyl (C=O) groups excluding carboxylic acids is 2. The van der Waals surface area contributed by atoms with Crippen LogP contribution in [0.5, 0.6) is 5.75 Å². The van der Waals surface area contributed by atoms with Gasteiger partial charge in [-0.15, -0.1) is 0 Å². The SMILES string of the molecule is O=C(CN1C(=O)COc2ccc([N+](=O)[O-])cc21)NCCc1cccc(Cl)c1. The van der Waals surface area contributed by atoms with Gasteiger partial charge in [0.15, 0.2) is 6.61 Å². The second-order valence-corrected chi connectivity index (χ2v) is 6.34. The maximum Gasteiger partial charge on any atom is 0.271 e. The van der Waals surface area contributed by atoms with E-state index in [0.717, 1.165) is 5.56 Å². The Bertz CT molecular complexity index is 902. The first-order valence-electron chi connectivity index (χ1n) is 8.17. The van der Waals surface area contributed by atoms with Crippen LogP contribution in [0.2, 0.25) is 5.02 Å². The Hall–Kier alpha value is -3.13. The highest BCUT2D eigenvalue weighted by Crippen LogP contribution is 2.35. The van der Waals surface area contributed by atoms with E-state index in [1.54, 1.807) is 6.07 Å². The van der Waals surface area contributed by atoms with Crippen LogP contribution < -0.4 is 15.0 Å². The second-order valence-electron chi connectivity index (χ2n) is 5.91. The van der Waals surface area contributed by atoms with Gasteiger partial charge in [0.1, 0.15) is 12.3 Å². The van der Waals surface area contributed by atoms with Crippen LogP contribution in [0.25, 0.3) is 0 Å². The quantitative estimate of drug-likeness (QED) is 0.603. The molecule has 1 aliphatic rings. The Morgan fingerprint density at radius 1 is 1.30 bits per heavy atom. The van der Waals surface area contributed by atoms with Gasteiger partial charge in [0.05, 0.1) is 10.6 Å². The van der Waals surface area contributed by atoms with Crippen molar-refractivity contribution in [3.63, 3.8) is 0 Å². The van der Waals surface area contributed by atoms with E-state index >= 15 is 0 Å². The van der Waals surface area contributed by atoms with Crippen molar-refractivity contribution in [2.45, 2.75) is 6.42 Å². The lowest BCUT2D eigenvalue weighted by Crippen LogP contribution is -2.45. The fourth-order valence-electron chi connectivity index (χ4n) is 2.72. The van der Waals surface area contributed by atoms with Crippen LogP contribution in [0, 0.1) is 10.1 Å². The molecule has 0 saturated heterocycles. The van der Waals surface area contributed by atoms with Gasteiger partial charge in [0.25, 0.3) is 11.6 Å². The molecule has 0 bridgehead atoms. The zero-order chi connectivity index (χ0) is 19.4. The molecule has 2 aromatic rings. The van der Waals surface area contributed by atoms with Crippen molar-refractivity contribution in [3.8, 4) is 5.75 Å². The van der Waals surface area contributed by atoms with E-state index in [1.165, 1.54) is 23.1 Å². The van der Waals surface area contributed by atoms with Crippen LogP contribution in [0.15, 0.2) is 42.5 Å². The number of nitrogens with one attached hydrogen (secondary N) is 1. The normalized spacial score (nSPS) is 12.9. The molecular weight excluding hydrogens is 374 g/mol. The average Bonchev–Trinajstić information content (AvgIpc) is 2.63. The van der Waals surface area contributed by atoms with Crippen LogP contribution in [0.4, 0.5) is 11.4 Å². The molecule has 0 fully saturated rings. The smallest absolute Gasteiger partial charge is 0.271 e. The lowest BCUT2D eigenvalue weighted by atomic mass is 10.1. The summed E-state index contributed by atoms with van der Waals surface area (Å²) in [6.07, 6.45) is 0.589. The molecule has 0 aliphatic carbocycles. The first-order chi connectivity index (χ1) is 12.9. The van der Waals surface area contributed by atoms with Gasteiger partial charge >= 0.3 is 0 Å². The predicted octanol–water partition coefficient (Wildman–Crippen LogP) is 2.33. The number of halogens is 1. The van der Waals surface area contributed by atoms with E-state index in [1.807, 2.05) is 18.2 Å². The highest BCUT2D eigenvalue weighted by Gasteiger charge is 2.29. The number of ether oxygens (including phenoxy) is 1. The average molecular weight is 390 g/mol. The summed E-state index contributed by atoms with van der Waals surface area (Å²) < 4.78 is 5.27. The highest BCUT2D eigenvalue weighted by molar-refractivity contribution is 6.30. The molecule has 0 atom stereocenters. The van der Waals surface area contributed by atoms with Crippen molar-refractivity contribution in [2.24, 2.45) is 0 Å².